The molecule has 0 saturated carbocycles. The molecule has 0 heterocycles. The van der Waals surface area contributed by atoms with Crippen LogP contribution < -0.4 is 9.80 Å². The highest BCUT2D eigenvalue weighted by Gasteiger charge is 2.21. The highest BCUT2D eigenvalue weighted by molar-refractivity contribution is 6.07. The Morgan fingerprint density at radius 3 is 1.00 bits per heavy atom. The van der Waals surface area contributed by atoms with Crippen LogP contribution in [0.4, 0.5) is 34.1 Å². The first kappa shape index (κ1) is 29.7. The van der Waals surface area contributed by atoms with Crippen molar-refractivity contribution in [3.8, 4) is 0 Å². The van der Waals surface area contributed by atoms with E-state index in [-0.39, 0.29) is 0 Å². The average molecular weight is 641 g/mol. The largest absolute Gasteiger partial charge is 0.309 e. The van der Waals surface area contributed by atoms with Crippen LogP contribution in [-0.4, -0.2) is 0 Å². The van der Waals surface area contributed by atoms with E-state index >= 15 is 0 Å². The Labute approximate surface area is 293 Å². The van der Waals surface area contributed by atoms with Crippen molar-refractivity contribution in [3.05, 3.63) is 193 Å². The van der Waals surface area contributed by atoms with E-state index in [4.69, 9.17) is 0 Å². The normalized spacial score (nSPS) is 11.4. The molecule has 0 aliphatic rings. The maximum Gasteiger partial charge on any atom is 0.0540 e. The summed E-state index contributed by atoms with van der Waals surface area (Å²) in [4.78, 5) is 4.85. The number of fused-ring (bicyclic) bond motifs is 4. The van der Waals surface area contributed by atoms with Gasteiger partial charge in [-0.3, -0.25) is 0 Å². The third kappa shape index (κ3) is 5.14. The van der Waals surface area contributed by atoms with Crippen molar-refractivity contribution in [3.63, 3.8) is 0 Å². The Hall–Kier alpha value is -6.38. The maximum atomic E-state index is 2.42. The minimum absolute atomic E-state index is 1.10. The summed E-state index contributed by atoms with van der Waals surface area (Å²) >= 11 is 0. The number of benzene rings is 9. The quantitative estimate of drug-likeness (QED) is 0.178. The first-order valence-electron chi connectivity index (χ1n) is 17.3. The monoisotopic (exact) mass is 640 g/mol. The lowest BCUT2D eigenvalue weighted by Gasteiger charge is -2.30. The number of anilines is 6. The maximum absolute atomic E-state index is 2.42. The van der Waals surface area contributed by atoms with Gasteiger partial charge in [0.05, 0.1) is 22.7 Å². The van der Waals surface area contributed by atoms with Crippen molar-refractivity contribution in [1.82, 2.24) is 0 Å². The zero-order valence-corrected chi connectivity index (χ0v) is 28.2. The fourth-order valence-electron chi connectivity index (χ4n) is 7.54. The fraction of sp³-hybridized carbons (Fsp3) is 0.0417. The second kappa shape index (κ2) is 12.3. The molecule has 0 fully saturated rings. The molecule has 0 atom stereocenters. The van der Waals surface area contributed by atoms with E-state index in [0.29, 0.717) is 0 Å². The Kier molecular flexibility index (Phi) is 7.29. The van der Waals surface area contributed by atoms with Crippen molar-refractivity contribution in [2.45, 2.75) is 13.8 Å². The van der Waals surface area contributed by atoms with Gasteiger partial charge in [0.1, 0.15) is 0 Å². The van der Waals surface area contributed by atoms with Gasteiger partial charge < -0.3 is 9.80 Å². The number of hydrogen-bond donors (Lipinski definition) is 0. The molecule has 9 aromatic carbocycles. The van der Waals surface area contributed by atoms with Gasteiger partial charge in [-0.2, -0.15) is 0 Å². The summed E-state index contributed by atoms with van der Waals surface area (Å²) in [5.74, 6) is 0. The SMILES string of the molecule is Cc1ccc2c(N(c3ccc(N(c4cccc5ccccc45)c4cccc5cc(C)ccc45)cc3)c3cccc4ccccc34)cccc2c1. The summed E-state index contributed by atoms with van der Waals surface area (Å²) in [6.07, 6.45) is 0. The summed E-state index contributed by atoms with van der Waals surface area (Å²) in [6, 6.07) is 66.4. The zero-order chi connectivity index (χ0) is 33.6. The summed E-state index contributed by atoms with van der Waals surface area (Å²) in [7, 11) is 0. The van der Waals surface area contributed by atoms with Gasteiger partial charge in [0.15, 0.2) is 0 Å². The summed E-state index contributed by atoms with van der Waals surface area (Å²) in [5, 5.41) is 9.78. The van der Waals surface area contributed by atoms with E-state index in [2.05, 4.69) is 206 Å². The molecule has 0 aliphatic heterocycles. The Bertz CT molecular complexity index is 2490. The number of nitrogens with zero attached hydrogens (tertiary/aromatic N) is 2. The number of hydrogen-bond acceptors (Lipinski definition) is 2. The van der Waals surface area contributed by atoms with Crippen molar-refractivity contribution in [2.75, 3.05) is 9.80 Å². The molecule has 9 aromatic rings. The van der Waals surface area contributed by atoms with Crippen molar-refractivity contribution < 1.29 is 0 Å². The van der Waals surface area contributed by atoms with Gasteiger partial charge in [-0.15, -0.1) is 0 Å². The van der Waals surface area contributed by atoms with Crippen LogP contribution in [-0.2, 0) is 0 Å². The van der Waals surface area contributed by atoms with Crippen LogP contribution in [0.3, 0.4) is 0 Å². The molecule has 0 bridgehead atoms. The van der Waals surface area contributed by atoms with E-state index in [1.165, 1.54) is 54.2 Å². The first-order chi connectivity index (χ1) is 24.6. The zero-order valence-electron chi connectivity index (χ0n) is 28.2. The van der Waals surface area contributed by atoms with E-state index in [0.717, 1.165) is 34.1 Å². The van der Waals surface area contributed by atoms with Crippen molar-refractivity contribution in [2.24, 2.45) is 0 Å². The van der Waals surface area contributed by atoms with Gasteiger partial charge in [-0.05, 0) is 83.9 Å². The summed E-state index contributed by atoms with van der Waals surface area (Å²) in [6.45, 7) is 4.32. The fourth-order valence-corrected chi connectivity index (χ4v) is 7.54. The van der Waals surface area contributed by atoms with Crippen LogP contribution in [0.15, 0.2) is 182 Å². The minimum atomic E-state index is 1.10. The minimum Gasteiger partial charge on any atom is -0.309 e. The predicted octanol–water partition coefficient (Wildman–Crippen LogP) is 13.9. The molecular formula is C48H36N2. The first-order valence-corrected chi connectivity index (χ1v) is 17.3. The molecule has 2 nitrogen and oxygen atoms in total. The van der Waals surface area contributed by atoms with Crippen LogP contribution in [0.5, 0.6) is 0 Å². The van der Waals surface area contributed by atoms with Crippen LogP contribution >= 0.6 is 0 Å². The summed E-state index contributed by atoms with van der Waals surface area (Å²) < 4.78 is 0. The predicted molar refractivity (Wildman–Crippen MR) is 215 cm³/mol. The van der Waals surface area contributed by atoms with Gasteiger partial charge in [-0.1, -0.05) is 145 Å². The standard InChI is InChI=1S/C48H36N2/c1-33-23-29-43-37(31-33)15-9-21-47(43)49(45-19-7-13-35-11-3-5-17-41(35)45)39-25-27-40(28-26-39)50(46-20-8-14-36-12-4-6-18-42(36)46)48-22-10-16-38-32-34(2)24-30-44(38)48/h3-32H,1-2H3. The smallest absolute Gasteiger partial charge is 0.0540 e. The molecule has 9 rings (SSSR count). The lowest BCUT2D eigenvalue weighted by molar-refractivity contribution is 1.28. The Morgan fingerprint density at radius 2 is 0.600 bits per heavy atom. The summed E-state index contributed by atoms with van der Waals surface area (Å²) in [5.41, 5.74) is 9.33. The molecule has 0 amide bonds. The second-order valence-corrected chi connectivity index (χ2v) is 13.2. The van der Waals surface area contributed by atoms with Crippen molar-refractivity contribution in [1.29, 1.82) is 0 Å². The van der Waals surface area contributed by atoms with E-state index in [1.54, 1.807) is 0 Å². The molecule has 0 aliphatic carbocycles. The van der Waals surface area contributed by atoms with E-state index < -0.39 is 0 Å². The average Bonchev–Trinajstić information content (AvgIpc) is 3.16. The number of aryl methyl sites for hydroxylation is 2. The van der Waals surface area contributed by atoms with Crippen LogP contribution in [0.25, 0.3) is 43.1 Å². The lowest BCUT2D eigenvalue weighted by atomic mass is 10.0. The molecule has 0 aromatic heterocycles. The Morgan fingerprint density at radius 1 is 0.280 bits per heavy atom. The van der Waals surface area contributed by atoms with Crippen LogP contribution in [0.2, 0.25) is 0 Å². The van der Waals surface area contributed by atoms with E-state index in [1.807, 2.05) is 0 Å². The van der Waals surface area contributed by atoms with Crippen molar-refractivity contribution >= 4 is 77.2 Å². The molecular weight excluding hydrogens is 605 g/mol. The molecule has 0 spiro atoms. The molecule has 238 valence electrons. The van der Waals surface area contributed by atoms with Gasteiger partial charge in [0.25, 0.3) is 0 Å². The van der Waals surface area contributed by atoms with Crippen LogP contribution in [0, 0.1) is 13.8 Å². The van der Waals surface area contributed by atoms with Gasteiger partial charge in [-0.25, -0.2) is 0 Å². The van der Waals surface area contributed by atoms with Gasteiger partial charge in [0, 0.05) is 32.9 Å². The van der Waals surface area contributed by atoms with E-state index in [9.17, 15) is 0 Å². The third-order valence-electron chi connectivity index (χ3n) is 9.89. The molecule has 0 radical (unpaired) electrons. The second-order valence-electron chi connectivity index (χ2n) is 13.2. The highest BCUT2D eigenvalue weighted by atomic mass is 15.2. The topological polar surface area (TPSA) is 6.48 Å². The third-order valence-corrected chi connectivity index (χ3v) is 9.89. The lowest BCUT2D eigenvalue weighted by Crippen LogP contribution is -2.13. The van der Waals surface area contributed by atoms with Crippen LogP contribution in [0.1, 0.15) is 11.1 Å². The van der Waals surface area contributed by atoms with Gasteiger partial charge >= 0.3 is 0 Å². The Balaban J connectivity index is 1.26. The van der Waals surface area contributed by atoms with Gasteiger partial charge in [0.2, 0.25) is 0 Å². The highest BCUT2D eigenvalue weighted by Crippen LogP contribution is 2.45. The number of rotatable bonds is 6. The molecule has 0 N–H and O–H groups in total. The molecule has 2 heteroatoms. The molecule has 50 heavy (non-hydrogen) atoms. The molecule has 0 saturated heterocycles. The molecule has 0 unspecified atom stereocenters.